The summed E-state index contributed by atoms with van der Waals surface area (Å²) in [4.78, 5) is 15.3. The molecule has 0 radical (unpaired) electrons. The Morgan fingerprint density at radius 1 is 1.32 bits per heavy atom. The maximum Gasteiger partial charge on any atom is 0.258 e. The molecule has 6 heteroatoms. The van der Waals surface area contributed by atoms with E-state index in [2.05, 4.69) is 10.3 Å². The third kappa shape index (κ3) is 2.67. The van der Waals surface area contributed by atoms with Crippen LogP contribution in [-0.2, 0) is 0 Å². The van der Waals surface area contributed by atoms with Crippen molar-refractivity contribution in [2.24, 2.45) is 0 Å². The van der Waals surface area contributed by atoms with E-state index < -0.39 is 17.5 Å². The number of hydrogen-bond acceptors (Lipinski definition) is 3. The number of amides is 1. The number of carbonyl (C=O) groups excluding carboxylic acids is 1. The van der Waals surface area contributed by atoms with E-state index in [9.17, 15) is 13.6 Å². The summed E-state index contributed by atoms with van der Waals surface area (Å²) >= 11 is 0. The zero-order valence-corrected chi connectivity index (χ0v) is 10.1. The van der Waals surface area contributed by atoms with Gasteiger partial charge in [-0.15, -0.1) is 0 Å². The van der Waals surface area contributed by atoms with Gasteiger partial charge in [-0.2, -0.15) is 0 Å². The molecule has 0 fully saturated rings. The Bertz CT molecular complexity index is 644. The number of aromatic nitrogens is 1. The van der Waals surface area contributed by atoms with Crippen molar-refractivity contribution in [3.63, 3.8) is 0 Å². The van der Waals surface area contributed by atoms with Crippen LogP contribution in [0.1, 0.15) is 15.9 Å². The molecule has 0 atom stereocenters. The van der Waals surface area contributed by atoms with Gasteiger partial charge < -0.3 is 11.1 Å². The fraction of sp³-hybridized carbons (Fsp3) is 0.0769. The van der Waals surface area contributed by atoms with Gasteiger partial charge in [0.05, 0.1) is 5.56 Å². The largest absolute Gasteiger partial charge is 0.381 e. The molecule has 19 heavy (non-hydrogen) atoms. The molecule has 0 spiro atoms. The van der Waals surface area contributed by atoms with Crippen molar-refractivity contribution in [1.82, 2.24) is 4.98 Å². The molecule has 4 nitrogen and oxygen atoms in total. The predicted molar refractivity (Wildman–Crippen MR) is 67.7 cm³/mol. The van der Waals surface area contributed by atoms with Gasteiger partial charge in [-0.25, -0.2) is 13.8 Å². The van der Waals surface area contributed by atoms with E-state index in [1.165, 1.54) is 24.4 Å². The topological polar surface area (TPSA) is 68.0 Å². The van der Waals surface area contributed by atoms with Crippen molar-refractivity contribution in [3.8, 4) is 0 Å². The summed E-state index contributed by atoms with van der Waals surface area (Å²) in [5.41, 5.74) is 5.72. The van der Waals surface area contributed by atoms with E-state index in [0.717, 1.165) is 6.07 Å². The minimum absolute atomic E-state index is 0.239. The number of rotatable bonds is 2. The fourth-order valence-electron chi connectivity index (χ4n) is 1.50. The summed E-state index contributed by atoms with van der Waals surface area (Å²) in [7, 11) is 0. The fourth-order valence-corrected chi connectivity index (χ4v) is 1.50. The van der Waals surface area contributed by atoms with Crippen LogP contribution in [0.5, 0.6) is 0 Å². The number of benzene rings is 1. The summed E-state index contributed by atoms with van der Waals surface area (Å²) in [6.07, 6.45) is 1.23. The van der Waals surface area contributed by atoms with Crippen molar-refractivity contribution in [1.29, 1.82) is 0 Å². The number of nitrogens with one attached hydrogen (secondary N) is 1. The summed E-state index contributed by atoms with van der Waals surface area (Å²) < 4.78 is 26.9. The maximum absolute atomic E-state index is 13.6. The monoisotopic (exact) mass is 263 g/mol. The molecule has 1 heterocycles. The first kappa shape index (κ1) is 12.9. The number of halogens is 2. The lowest BCUT2D eigenvalue weighted by molar-refractivity contribution is 0.102. The van der Waals surface area contributed by atoms with Crippen molar-refractivity contribution < 1.29 is 13.6 Å². The van der Waals surface area contributed by atoms with Crippen LogP contribution in [0.2, 0.25) is 0 Å². The molecule has 0 saturated heterocycles. The van der Waals surface area contributed by atoms with E-state index in [0.29, 0.717) is 5.56 Å². The summed E-state index contributed by atoms with van der Waals surface area (Å²) in [6, 6.07) is 5.40. The number of aryl methyl sites for hydroxylation is 1. The minimum atomic E-state index is -0.896. The summed E-state index contributed by atoms with van der Waals surface area (Å²) in [6.45, 7) is 1.60. The smallest absolute Gasteiger partial charge is 0.258 e. The number of nitrogens with zero attached hydrogens (tertiary/aromatic N) is 1. The van der Waals surface area contributed by atoms with Gasteiger partial charge in [0.1, 0.15) is 5.82 Å². The molecule has 0 aliphatic carbocycles. The SMILES string of the molecule is Cc1ccc(NC(=O)c2ccnc(N)c2F)cc1F. The quantitative estimate of drug-likeness (QED) is 0.874. The van der Waals surface area contributed by atoms with E-state index in [1.807, 2.05) is 0 Å². The highest BCUT2D eigenvalue weighted by molar-refractivity contribution is 6.04. The molecule has 1 aromatic carbocycles. The van der Waals surface area contributed by atoms with Crippen LogP contribution in [0.25, 0.3) is 0 Å². The van der Waals surface area contributed by atoms with Crippen molar-refractivity contribution in [3.05, 3.63) is 53.2 Å². The highest BCUT2D eigenvalue weighted by Crippen LogP contribution is 2.17. The first-order valence-corrected chi connectivity index (χ1v) is 5.46. The highest BCUT2D eigenvalue weighted by Gasteiger charge is 2.15. The standard InChI is InChI=1S/C13H11F2N3O/c1-7-2-3-8(6-10(7)14)18-13(19)9-4-5-17-12(16)11(9)15/h2-6H,1H3,(H2,16,17)(H,18,19). The number of anilines is 2. The number of carbonyl (C=O) groups is 1. The summed E-state index contributed by atoms with van der Waals surface area (Å²) in [5, 5.41) is 2.39. The lowest BCUT2D eigenvalue weighted by atomic mass is 10.2. The second-order valence-electron chi connectivity index (χ2n) is 3.98. The second kappa shape index (κ2) is 5.01. The predicted octanol–water partition coefficient (Wildman–Crippen LogP) is 2.50. The van der Waals surface area contributed by atoms with E-state index >= 15 is 0 Å². The third-order valence-corrected chi connectivity index (χ3v) is 2.59. The molecule has 1 amide bonds. The molecule has 0 bridgehead atoms. The maximum atomic E-state index is 13.6. The van der Waals surface area contributed by atoms with Crippen LogP contribution >= 0.6 is 0 Å². The average Bonchev–Trinajstić information content (AvgIpc) is 2.37. The molecular formula is C13H11F2N3O. The van der Waals surface area contributed by atoms with E-state index in [4.69, 9.17) is 5.73 Å². The van der Waals surface area contributed by atoms with Gasteiger partial charge in [-0.3, -0.25) is 4.79 Å². The first-order chi connectivity index (χ1) is 8.99. The Labute approximate surface area is 108 Å². The van der Waals surface area contributed by atoms with E-state index in [-0.39, 0.29) is 17.1 Å². The average molecular weight is 263 g/mol. The normalized spacial score (nSPS) is 10.3. The van der Waals surface area contributed by atoms with Gasteiger partial charge in [0.15, 0.2) is 11.6 Å². The van der Waals surface area contributed by atoms with Crippen LogP contribution in [0.4, 0.5) is 20.3 Å². The number of nitrogen functional groups attached to an aromatic ring is 1. The van der Waals surface area contributed by atoms with Gasteiger partial charge >= 0.3 is 0 Å². The highest BCUT2D eigenvalue weighted by atomic mass is 19.1. The number of nitrogens with two attached hydrogens (primary N) is 1. The molecule has 0 aliphatic rings. The molecule has 2 aromatic rings. The number of hydrogen-bond donors (Lipinski definition) is 2. The minimum Gasteiger partial charge on any atom is -0.381 e. The molecule has 2 rings (SSSR count). The van der Waals surface area contributed by atoms with E-state index in [1.54, 1.807) is 6.92 Å². The van der Waals surface area contributed by atoms with Crippen LogP contribution in [0, 0.1) is 18.6 Å². The van der Waals surface area contributed by atoms with Crippen LogP contribution in [-0.4, -0.2) is 10.9 Å². The van der Waals surface area contributed by atoms with Crippen molar-refractivity contribution in [2.75, 3.05) is 11.1 Å². The first-order valence-electron chi connectivity index (χ1n) is 5.46. The Morgan fingerprint density at radius 2 is 2.05 bits per heavy atom. The van der Waals surface area contributed by atoms with Crippen LogP contribution in [0.15, 0.2) is 30.5 Å². The molecule has 1 aromatic heterocycles. The Morgan fingerprint density at radius 3 is 2.74 bits per heavy atom. The second-order valence-corrected chi connectivity index (χ2v) is 3.98. The summed E-state index contributed by atoms with van der Waals surface area (Å²) in [5.74, 6) is -2.42. The molecule has 0 unspecified atom stereocenters. The van der Waals surface area contributed by atoms with Gasteiger partial charge in [-0.1, -0.05) is 6.07 Å². The van der Waals surface area contributed by atoms with Crippen molar-refractivity contribution >= 4 is 17.4 Å². The zero-order chi connectivity index (χ0) is 14.0. The van der Waals surface area contributed by atoms with Gasteiger partial charge in [0.2, 0.25) is 0 Å². The van der Waals surface area contributed by atoms with Crippen molar-refractivity contribution in [2.45, 2.75) is 6.92 Å². The third-order valence-electron chi connectivity index (χ3n) is 2.59. The molecule has 0 saturated carbocycles. The molecule has 98 valence electrons. The Balaban J connectivity index is 2.26. The van der Waals surface area contributed by atoms with Crippen LogP contribution < -0.4 is 11.1 Å². The van der Waals surface area contributed by atoms with Crippen LogP contribution in [0.3, 0.4) is 0 Å². The lowest BCUT2D eigenvalue weighted by Gasteiger charge is -2.07. The lowest BCUT2D eigenvalue weighted by Crippen LogP contribution is -2.15. The molecule has 3 N–H and O–H groups in total. The number of pyridine rings is 1. The molecular weight excluding hydrogens is 252 g/mol. The van der Waals surface area contributed by atoms with Gasteiger partial charge in [0.25, 0.3) is 5.91 Å². The van der Waals surface area contributed by atoms with Gasteiger partial charge in [-0.05, 0) is 30.7 Å². The van der Waals surface area contributed by atoms with Gasteiger partial charge in [0, 0.05) is 11.9 Å². The molecule has 0 aliphatic heterocycles. The zero-order valence-electron chi connectivity index (χ0n) is 10.1. The Hall–Kier alpha value is -2.50. The Kier molecular flexibility index (Phi) is 3.41.